The van der Waals surface area contributed by atoms with E-state index in [1.165, 1.54) is 5.57 Å². The molecule has 2 atom stereocenters. The Morgan fingerprint density at radius 1 is 1.86 bits per heavy atom. The first-order valence-electron chi connectivity index (χ1n) is 2.51. The van der Waals surface area contributed by atoms with Gasteiger partial charge in [0.2, 0.25) is 0 Å². The van der Waals surface area contributed by atoms with E-state index in [1.54, 1.807) is 0 Å². The van der Waals surface area contributed by atoms with E-state index in [-0.39, 0.29) is 0 Å². The van der Waals surface area contributed by atoms with E-state index in [2.05, 4.69) is 6.58 Å². The van der Waals surface area contributed by atoms with Crippen LogP contribution < -0.4 is 0 Å². The lowest BCUT2D eigenvalue weighted by atomic mass is 10.2. The normalized spacial score (nSPS) is 38.0. The van der Waals surface area contributed by atoms with Gasteiger partial charge in [-0.05, 0) is 19.3 Å². The van der Waals surface area contributed by atoms with Gasteiger partial charge in [-0.3, -0.25) is 0 Å². The molecule has 1 aliphatic rings. The van der Waals surface area contributed by atoms with E-state index in [9.17, 15) is 0 Å². The van der Waals surface area contributed by atoms with Gasteiger partial charge in [0.1, 0.15) is 0 Å². The highest BCUT2D eigenvalue weighted by atomic mass is 35.5. The SMILES string of the molecule is C=C(C)C1CC1Cl. The molecule has 0 bridgehead atoms. The van der Waals surface area contributed by atoms with Crippen molar-refractivity contribution < 1.29 is 0 Å². The molecule has 0 saturated heterocycles. The van der Waals surface area contributed by atoms with Crippen molar-refractivity contribution in [2.75, 3.05) is 0 Å². The van der Waals surface area contributed by atoms with Crippen LogP contribution in [0.2, 0.25) is 0 Å². The van der Waals surface area contributed by atoms with Crippen LogP contribution in [0.1, 0.15) is 13.3 Å². The Bertz CT molecular complexity index is 96.4. The Labute approximate surface area is 49.2 Å². The molecule has 1 aliphatic carbocycles. The third kappa shape index (κ3) is 0.973. The van der Waals surface area contributed by atoms with Crippen LogP contribution in [-0.4, -0.2) is 5.38 Å². The summed E-state index contributed by atoms with van der Waals surface area (Å²) in [5, 5.41) is 0.414. The number of hydrogen-bond donors (Lipinski definition) is 0. The van der Waals surface area contributed by atoms with Crippen LogP contribution in [0.5, 0.6) is 0 Å². The fraction of sp³-hybridized carbons (Fsp3) is 0.667. The lowest BCUT2D eigenvalue weighted by Gasteiger charge is -1.86. The summed E-state index contributed by atoms with van der Waals surface area (Å²) in [4.78, 5) is 0. The van der Waals surface area contributed by atoms with E-state index in [0.29, 0.717) is 11.3 Å². The molecule has 0 aliphatic heterocycles. The number of allylic oxidation sites excluding steroid dienone is 1. The van der Waals surface area contributed by atoms with Crippen LogP contribution in [0, 0.1) is 5.92 Å². The summed E-state index contributed by atoms with van der Waals surface area (Å²) in [7, 11) is 0. The average Bonchev–Trinajstić information content (AvgIpc) is 2.17. The third-order valence-corrected chi connectivity index (χ3v) is 1.83. The number of hydrogen-bond acceptors (Lipinski definition) is 0. The third-order valence-electron chi connectivity index (χ3n) is 1.35. The van der Waals surface area contributed by atoms with Gasteiger partial charge in [0, 0.05) is 5.38 Å². The standard InChI is InChI=1S/C6H9Cl/c1-4(2)5-3-6(5)7/h5-6H,1,3H2,2H3. The van der Waals surface area contributed by atoms with E-state index < -0.39 is 0 Å². The summed E-state index contributed by atoms with van der Waals surface area (Å²) >= 11 is 5.69. The molecule has 0 aromatic heterocycles. The van der Waals surface area contributed by atoms with Crippen molar-refractivity contribution in [3.8, 4) is 0 Å². The predicted molar refractivity (Wildman–Crippen MR) is 32.6 cm³/mol. The molecule has 0 nitrogen and oxygen atoms in total. The Balaban J connectivity index is 2.33. The Morgan fingerprint density at radius 2 is 2.29 bits per heavy atom. The van der Waals surface area contributed by atoms with E-state index >= 15 is 0 Å². The largest absolute Gasteiger partial charge is 0.122 e. The highest BCUT2D eigenvalue weighted by Gasteiger charge is 2.35. The van der Waals surface area contributed by atoms with Gasteiger partial charge in [0.15, 0.2) is 0 Å². The molecule has 0 aromatic rings. The molecule has 7 heavy (non-hydrogen) atoms. The van der Waals surface area contributed by atoms with E-state index in [1.807, 2.05) is 6.92 Å². The van der Waals surface area contributed by atoms with Crippen LogP contribution in [0.3, 0.4) is 0 Å². The average molecular weight is 117 g/mol. The Morgan fingerprint density at radius 3 is 2.29 bits per heavy atom. The van der Waals surface area contributed by atoms with Crippen molar-refractivity contribution in [1.82, 2.24) is 0 Å². The molecule has 0 amide bonds. The minimum absolute atomic E-state index is 0.414. The molecule has 0 radical (unpaired) electrons. The zero-order valence-corrected chi connectivity index (χ0v) is 5.20. The van der Waals surface area contributed by atoms with Crippen molar-refractivity contribution in [2.24, 2.45) is 5.92 Å². The van der Waals surface area contributed by atoms with Gasteiger partial charge >= 0.3 is 0 Å². The summed E-state index contributed by atoms with van der Waals surface area (Å²) < 4.78 is 0. The molecular weight excluding hydrogens is 108 g/mol. The van der Waals surface area contributed by atoms with Crippen molar-refractivity contribution in [3.05, 3.63) is 12.2 Å². The summed E-state index contributed by atoms with van der Waals surface area (Å²) in [5.41, 5.74) is 1.24. The van der Waals surface area contributed by atoms with Gasteiger partial charge in [-0.15, -0.1) is 11.6 Å². The second-order valence-electron chi connectivity index (χ2n) is 2.20. The molecule has 0 spiro atoms. The molecule has 1 fully saturated rings. The quantitative estimate of drug-likeness (QED) is 0.364. The minimum Gasteiger partial charge on any atom is -0.122 e. The first-order valence-corrected chi connectivity index (χ1v) is 2.95. The molecule has 0 N–H and O–H groups in total. The Hall–Kier alpha value is 0.0300. The molecular formula is C6H9Cl. The zero-order chi connectivity index (χ0) is 5.44. The summed E-state index contributed by atoms with van der Waals surface area (Å²) in [6, 6.07) is 0. The van der Waals surface area contributed by atoms with Crippen LogP contribution in [0.25, 0.3) is 0 Å². The lowest BCUT2D eigenvalue weighted by Crippen LogP contribution is -1.76. The van der Waals surface area contributed by atoms with Crippen molar-refractivity contribution >= 4 is 11.6 Å². The summed E-state index contributed by atoms with van der Waals surface area (Å²) in [6.07, 6.45) is 1.15. The molecule has 0 heterocycles. The zero-order valence-electron chi connectivity index (χ0n) is 4.45. The first kappa shape index (κ1) is 5.17. The molecule has 1 saturated carbocycles. The molecule has 40 valence electrons. The maximum atomic E-state index is 5.69. The van der Waals surface area contributed by atoms with Gasteiger partial charge < -0.3 is 0 Å². The van der Waals surface area contributed by atoms with Crippen molar-refractivity contribution in [3.63, 3.8) is 0 Å². The van der Waals surface area contributed by atoms with Crippen molar-refractivity contribution in [1.29, 1.82) is 0 Å². The van der Waals surface area contributed by atoms with Gasteiger partial charge in [-0.1, -0.05) is 12.2 Å². The first-order chi connectivity index (χ1) is 3.22. The number of alkyl halides is 1. The van der Waals surface area contributed by atoms with Gasteiger partial charge in [-0.2, -0.15) is 0 Å². The summed E-state index contributed by atoms with van der Waals surface area (Å²) in [6.45, 7) is 5.82. The minimum atomic E-state index is 0.414. The van der Waals surface area contributed by atoms with E-state index in [4.69, 9.17) is 11.6 Å². The lowest BCUT2D eigenvalue weighted by molar-refractivity contribution is 1.02. The summed E-state index contributed by atoms with van der Waals surface area (Å²) in [5.74, 6) is 0.640. The predicted octanol–water partition coefficient (Wildman–Crippen LogP) is 2.19. The highest BCUT2D eigenvalue weighted by molar-refractivity contribution is 6.22. The monoisotopic (exact) mass is 116 g/mol. The maximum Gasteiger partial charge on any atom is 0.0407 e. The second kappa shape index (κ2) is 1.52. The van der Waals surface area contributed by atoms with Gasteiger partial charge in [-0.25, -0.2) is 0 Å². The topological polar surface area (TPSA) is 0 Å². The van der Waals surface area contributed by atoms with Gasteiger partial charge in [0.05, 0.1) is 0 Å². The van der Waals surface area contributed by atoms with Crippen LogP contribution in [0.4, 0.5) is 0 Å². The molecule has 1 heteroatoms. The maximum absolute atomic E-state index is 5.69. The van der Waals surface area contributed by atoms with Gasteiger partial charge in [0.25, 0.3) is 0 Å². The van der Waals surface area contributed by atoms with Crippen LogP contribution >= 0.6 is 11.6 Å². The van der Waals surface area contributed by atoms with Crippen molar-refractivity contribution in [2.45, 2.75) is 18.7 Å². The fourth-order valence-corrected chi connectivity index (χ4v) is 1.08. The second-order valence-corrected chi connectivity index (χ2v) is 2.77. The van der Waals surface area contributed by atoms with E-state index in [0.717, 1.165) is 6.42 Å². The molecule has 0 aromatic carbocycles. The van der Waals surface area contributed by atoms with Crippen LogP contribution in [-0.2, 0) is 0 Å². The molecule has 2 unspecified atom stereocenters. The fourth-order valence-electron chi connectivity index (χ4n) is 0.674. The van der Waals surface area contributed by atoms with Crippen LogP contribution in [0.15, 0.2) is 12.2 Å². The Kier molecular flexibility index (Phi) is 1.12. The number of halogens is 1. The molecule has 1 rings (SSSR count). The highest BCUT2D eigenvalue weighted by Crippen LogP contribution is 2.40. The smallest absolute Gasteiger partial charge is 0.0407 e. The number of rotatable bonds is 1.